The van der Waals surface area contributed by atoms with Crippen LogP contribution in [0.1, 0.15) is 51.8 Å². The highest BCUT2D eigenvalue weighted by molar-refractivity contribution is 5.49. The first-order chi connectivity index (χ1) is 8.80. The van der Waals surface area contributed by atoms with Crippen molar-refractivity contribution in [2.45, 2.75) is 46.0 Å². The summed E-state index contributed by atoms with van der Waals surface area (Å²) >= 11 is 0. The molecule has 0 saturated carbocycles. The zero-order valence-electron chi connectivity index (χ0n) is 12.4. The fourth-order valence-corrected chi connectivity index (χ4v) is 2.12. The lowest BCUT2D eigenvalue weighted by Gasteiger charge is -2.15. The Bertz CT molecular complexity index is 574. The molecule has 1 heterocycles. The van der Waals surface area contributed by atoms with Gasteiger partial charge in [0.2, 0.25) is 0 Å². The molecule has 0 atom stereocenters. The molecule has 1 aromatic heterocycles. The molecule has 0 spiro atoms. The van der Waals surface area contributed by atoms with Crippen molar-refractivity contribution < 1.29 is 0 Å². The molecule has 2 aromatic rings. The van der Waals surface area contributed by atoms with E-state index in [1.54, 1.807) is 0 Å². The first-order valence-corrected chi connectivity index (χ1v) is 6.76. The Morgan fingerprint density at radius 3 is 2.32 bits per heavy atom. The standard InChI is InChI=1S/C16H23N3/c1-11(2)12-8-6-7-9-13(12)19-15(17)10-14(18-19)16(3,4)5/h6-11H,17H2,1-5H3. The maximum absolute atomic E-state index is 6.14. The summed E-state index contributed by atoms with van der Waals surface area (Å²) in [5, 5.41) is 4.69. The summed E-state index contributed by atoms with van der Waals surface area (Å²) < 4.78 is 1.86. The fourth-order valence-electron chi connectivity index (χ4n) is 2.12. The Morgan fingerprint density at radius 2 is 1.79 bits per heavy atom. The van der Waals surface area contributed by atoms with Crippen LogP contribution in [0.2, 0.25) is 0 Å². The van der Waals surface area contributed by atoms with Gasteiger partial charge in [-0.05, 0) is 17.5 Å². The third-order valence-corrected chi connectivity index (χ3v) is 3.29. The van der Waals surface area contributed by atoms with Crippen molar-refractivity contribution in [1.29, 1.82) is 0 Å². The second-order valence-corrected chi connectivity index (χ2v) is 6.33. The van der Waals surface area contributed by atoms with Crippen LogP contribution in [0, 0.1) is 0 Å². The number of benzene rings is 1. The number of hydrogen-bond acceptors (Lipinski definition) is 2. The molecule has 0 aliphatic carbocycles. The number of rotatable bonds is 2. The van der Waals surface area contributed by atoms with E-state index in [0.29, 0.717) is 11.7 Å². The fraction of sp³-hybridized carbons (Fsp3) is 0.438. The number of anilines is 1. The molecule has 0 bridgehead atoms. The summed E-state index contributed by atoms with van der Waals surface area (Å²) in [4.78, 5) is 0. The van der Waals surface area contributed by atoms with E-state index in [2.05, 4.69) is 57.9 Å². The largest absolute Gasteiger partial charge is 0.384 e. The van der Waals surface area contributed by atoms with Crippen LogP contribution in [0.5, 0.6) is 0 Å². The van der Waals surface area contributed by atoms with Gasteiger partial charge in [0, 0.05) is 11.5 Å². The number of nitrogens with zero attached hydrogens (tertiary/aromatic N) is 2. The Balaban J connectivity index is 2.57. The van der Waals surface area contributed by atoms with Crippen molar-refractivity contribution in [2.24, 2.45) is 0 Å². The van der Waals surface area contributed by atoms with Gasteiger partial charge in [-0.1, -0.05) is 52.8 Å². The zero-order valence-corrected chi connectivity index (χ0v) is 12.4. The van der Waals surface area contributed by atoms with Gasteiger partial charge in [-0.2, -0.15) is 5.10 Å². The van der Waals surface area contributed by atoms with Crippen LogP contribution in [0.15, 0.2) is 30.3 Å². The van der Waals surface area contributed by atoms with Crippen LogP contribution >= 0.6 is 0 Å². The first kappa shape index (κ1) is 13.7. The number of para-hydroxylation sites is 1. The molecular weight excluding hydrogens is 234 g/mol. The molecule has 1 aromatic carbocycles. The molecule has 102 valence electrons. The van der Waals surface area contributed by atoms with Gasteiger partial charge >= 0.3 is 0 Å². The topological polar surface area (TPSA) is 43.8 Å². The van der Waals surface area contributed by atoms with E-state index in [9.17, 15) is 0 Å². The van der Waals surface area contributed by atoms with Crippen LogP contribution in [0.25, 0.3) is 5.69 Å². The van der Waals surface area contributed by atoms with Gasteiger partial charge < -0.3 is 5.73 Å². The predicted octanol–water partition coefficient (Wildman–Crippen LogP) is 3.88. The van der Waals surface area contributed by atoms with Crippen molar-refractivity contribution in [3.05, 3.63) is 41.6 Å². The van der Waals surface area contributed by atoms with E-state index in [-0.39, 0.29) is 5.41 Å². The lowest BCUT2D eigenvalue weighted by molar-refractivity contribution is 0.560. The second kappa shape index (κ2) is 4.72. The number of nitrogen functional groups attached to an aromatic ring is 1. The molecule has 0 radical (unpaired) electrons. The molecule has 0 aliphatic rings. The average molecular weight is 257 g/mol. The molecule has 3 heteroatoms. The molecule has 2 N–H and O–H groups in total. The van der Waals surface area contributed by atoms with Crippen LogP contribution in [0.3, 0.4) is 0 Å². The molecule has 0 aliphatic heterocycles. The highest BCUT2D eigenvalue weighted by Crippen LogP contribution is 2.28. The summed E-state index contributed by atoms with van der Waals surface area (Å²) in [7, 11) is 0. The smallest absolute Gasteiger partial charge is 0.127 e. The summed E-state index contributed by atoms with van der Waals surface area (Å²) in [6.45, 7) is 10.8. The molecule has 3 nitrogen and oxygen atoms in total. The monoisotopic (exact) mass is 257 g/mol. The van der Waals surface area contributed by atoms with E-state index < -0.39 is 0 Å². The van der Waals surface area contributed by atoms with Gasteiger partial charge in [0.05, 0.1) is 11.4 Å². The van der Waals surface area contributed by atoms with Crippen molar-refractivity contribution in [2.75, 3.05) is 5.73 Å². The van der Waals surface area contributed by atoms with Crippen molar-refractivity contribution in [3.8, 4) is 5.69 Å². The zero-order chi connectivity index (χ0) is 14.2. The van der Waals surface area contributed by atoms with Crippen molar-refractivity contribution in [3.63, 3.8) is 0 Å². The highest BCUT2D eigenvalue weighted by Gasteiger charge is 2.20. The lowest BCUT2D eigenvalue weighted by atomic mass is 9.92. The van der Waals surface area contributed by atoms with E-state index >= 15 is 0 Å². The summed E-state index contributed by atoms with van der Waals surface area (Å²) in [6.07, 6.45) is 0. The van der Waals surface area contributed by atoms with Gasteiger partial charge in [-0.25, -0.2) is 4.68 Å². The van der Waals surface area contributed by atoms with Gasteiger partial charge in [0.25, 0.3) is 0 Å². The first-order valence-electron chi connectivity index (χ1n) is 6.76. The third kappa shape index (κ3) is 2.65. The Morgan fingerprint density at radius 1 is 1.16 bits per heavy atom. The molecular formula is C16H23N3. The normalized spacial score (nSPS) is 12.1. The Hall–Kier alpha value is -1.77. The minimum Gasteiger partial charge on any atom is -0.384 e. The molecule has 0 fully saturated rings. The summed E-state index contributed by atoms with van der Waals surface area (Å²) in [5.41, 5.74) is 9.50. The minimum absolute atomic E-state index is 0.00610. The third-order valence-electron chi connectivity index (χ3n) is 3.29. The molecule has 19 heavy (non-hydrogen) atoms. The molecule has 0 unspecified atom stereocenters. The SMILES string of the molecule is CC(C)c1ccccc1-n1nc(C(C)(C)C)cc1N. The van der Waals surface area contributed by atoms with Crippen LogP contribution in [-0.4, -0.2) is 9.78 Å². The quantitative estimate of drug-likeness (QED) is 0.887. The van der Waals surface area contributed by atoms with E-state index in [1.165, 1.54) is 5.56 Å². The lowest BCUT2D eigenvalue weighted by Crippen LogP contribution is -2.13. The number of hydrogen-bond donors (Lipinski definition) is 1. The van der Waals surface area contributed by atoms with Crippen LogP contribution in [-0.2, 0) is 5.41 Å². The van der Waals surface area contributed by atoms with Gasteiger partial charge in [-0.3, -0.25) is 0 Å². The molecule has 0 saturated heterocycles. The minimum atomic E-state index is 0.00610. The number of aromatic nitrogens is 2. The maximum Gasteiger partial charge on any atom is 0.127 e. The average Bonchev–Trinajstić information content (AvgIpc) is 2.71. The Kier molecular flexibility index (Phi) is 3.40. The van der Waals surface area contributed by atoms with Crippen LogP contribution in [0.4, 0.5) is 5.82 Å². The summed E-state index contributed by atoms with van der Waals surface area (Å²) in [6, 6.07) is 10.3. The summed E-state index contributed by atoms with van der Waals surface area (Å²) in [5.74, 6) is 1.14. The van der Waals surface area contributed by atoms with E-state index in [1.807, 2.05) is 16.8 Å². The van der Waals surface area contributed by atoms with E-state index in [4.69, 9.17) is 5.73 Å². The highest BCUT2D eigenvalue weighted by atomic mass is 15.3. The van der Waals surface area contributed by atoms with Gasteiger partial charge in [-0.15, -0.1) is 0 Å². The second-order valence-electron chi connectivity index (χ2n) is 6.33. The molecule has 0 amide bonds. The predicted molar refractivity (Wildman–Crippen MR) is 80.8 cm³/mol. The van der Waals surface area contributed by atoms with Crippen molar-refractivity contribution in [1.82, 2.24) is 9.78 Å². The number of nitrogens with two attached hydrogens (primary N) is 1. The molecule has 2 rings (SSSR count). The Labute approximate surface area is 115 Å². The van der Waals surface area contributed by atoms with Gasteiger partial charge in [0.15, 0.2) is 0 Å². The van der Waals surface area contributed by atoms with E-state index in [0.717, 1.165) is 11.4 Å². The van der Waals surface area contributed by atoms with Crippen molar-refractivity contribution >= 4 is 5.82 Å². The van der Waals surface area contributed by atoms with Gasteiger partial charge in [0.1, 0.15) is 5.82 Å². The van der Waals surface area contributed by atoms with Crippen LogP contribution < -0.4 is 5.73 Å². The maximum atomic E-state index is 6.14.